The van der Waals surface area contributed by atoms with Crippen LogP contribution in [0.3, 0.4) is 0 Å². The Bertz CT molecular complexity index is 141. The number of nitrogens with one attached hydrogen (secondary N) is 2. The summed E-state index contributed by atoms with van der Waals surface area (Å²) in [6.45, 7) is 4.74. The van der Waals surface area contributed by atoms with Crippen LogP contribution in [0.15, 0.2) is 12.3 Å². The second kappa shape index (κ2) is 6.63. The van der Waals surface area contributed by atoms with Gasteiger partial charge in [-0.1, -0.05) is 6.58 Å². The first-order chi connectivity index (χ1) is 5.63. The van der Waals surface area contributed by atoms with Gasteiger partial charge in [0.25, 0.3) is 0 Å². The van der Waals surface area contributed by atoms with E-state index in [2.05, 4.69) is 17.2 Å². The van der Waals surface area contributed by atoms with Gasteiger partial charge in [-0.2, -0.15) is 0 Å². The van der Waals surface area contributed by atoms with Gasteiger partial charge in [0.05, 0.1) is 18.8 Å². The number of carbonyl (C=O) groups is 1. The molecule has 0 aromatic rings. The van der Waals surface area contributed by atoms with Crippen molar-refractivity contribution in [2.24, 2.45) is 0 Å². The quantitative estimate of drug-likeness (QED) is 0.304. The molecule has 5 heteroatoms. The van der Waals surface area contributed by atoms with E-state index in [9.17, 15) is 4.79 Å². The van der Waals surface area contributed by atoms with Crippen LogP contribution in [0.2, 0.25) is 0 Å². The van der Waals surface area contributed by atoms with Crippen LogP contribution in [0.5, 0.6) is 0 Å². The van der Waals surface area contributed by atoms with Crippen LogP contribution in [0.1, 0.15) is 0 Å². The highest BCUT2D eigenvalue weighted by atomic mass is 16.4. The van der Waals surface area contributed by atoms with E-state index in [1.165, 1.54) is 0 Å². The van der Waals surface area contributed by atoms with Crippen LogP contribution in [-0.4, -0.2) is 42.4 Å². The fraction of sp³-hybridized carbons (Fsp3) is 0.571. The van der Waals surface area contributed by atoms with Crippen molar-refractivity contribution in [1.82, 2.24) is 10.6 Å². The van der Waals surface area contributed by atoms with Gasteiger partial charge in [-0.05, 0) is 0 Å². The number of aliphatic carboxylic acids is 1. The normalized spacial score (nSPS) is 9.67. The van der Waals surface area contributed by atoms with Gasteiger partial charge in [0, 0.05) is 13.1 Å². The maximum Gasteiger partial charge on any atom is 0.317 e. The van der Waals surface area contributed by atoms with Crippen molar-refractivity contribution in [2.45, 2.75) is 0 Å². The summed E-state index contributed by atoms with van der Waals surface area (Å²) in [4.78, 5) is 10.0. The molecule has 0 aliphatic heterocycles. The predicted octanol–water partition coefficient (Wildman–Crippen LogP) is -0.678. The molecule has 0 saturated carbocycles. The SMILES string of the molecule is C=C(O)CNCCNCC(=O)O. The summed E-state index contributed by atoms with van der Waals surface area (Å²) < 4.78 is 0. The lowest BCUT2D eigenvalue weighted by Crippen LogP contribution is -2.31. The Balaban J connectivity index is 3.01. The van der Waals surface area contributed by atoms with Crippen LogP contribution in [0, 0.1) is 0 Å². The third-order valence-electron chi connectivity index (χ3n) is 1.08. The zero-order valence-corrected chi connectivity index (χ0v) is 6.84. The van der Waals surface area contributed by atoms with Crippen molar-refractivity contribution in [3.8, 4) is 0 Å². The molecule has 0 aliphatic rings. The Morgan fingerprint density at radius 1 is 1.17 bits per heavy atom. The van der Waals surface area contributed by atoms with Crippen LogP contribution in [0.25, 0.3) is 0 Å². The zero-order chi connectivity index (χ0) is 9.40. The van der Waals surface area contributed by atoms with Gasteiger partial charge >= 0.3 is 5.97 Å². The van der Waals surface area contributed by atoms with Crippen molar-refractivity contribution in [2.75, 3.05) is 26.2 Å². The first-order valence-electron chi connectivity index (χ1n) is 3.63. The third-order valence-corrected chi connectivity index (χ3v) is 1.08. The number of hydrogen-bond donors (Lipinski definition) is 4. The lowest BCUT2D eigenvalue weighted by molar-refractivity contribution is -0.135. The molecule has 4 N–H and O–H groups in total. The van der Waals surface area contributed by atoms with E-state index in [4.69, 9.17) is 10.2 Å². The smallest absolute Gasteiger partial charge is 0.317 e. The Kier molecular flexibility index (Phi) is 6.04. The summed E-state index contributed by atoms with van der Waals surface area (Å²) in [6.07, 6.45) is 0. The van der Waals surface area contributed by atoms with E-state index in [0.29, 0.717) is 19.6 Å². The van der Waals surface area contributed by atoms with Gasteiger partial charge in [0.15, 0.2) is 0 Å². The van der Waals surface area contributed by atoms with Gasteiger partial charge in [0.1, 0.15) is 0 Å². The minimum atomic E-state index is -0.874. The number of carboxylic acids is 1. The topological polar surface area (TPSA) is 81.6 Å². The monoisotopic (exact) mass is 174 g/mol. The molecular formula is C7H14N2O3. The predicted molar refractivity (Wildman–Crippen MR) is 45.1 cm³/mol. The molecule has 0 unspecified atom stereocenters. The van der Waals surface area contributed by atoms with Crippen LogP contribution in [-0.2, 0) is 4.79 Å². The van der Waals surface area contributed by atoms with E-state index in [-0.39, 0.29) is 12.3 Å². The Morgan fingerprint density at radius 2 is 1.67 bits per heavy atom. The van der Waals surface area contributed by atoms with Crippen LogP contribution >= 0.6 is 0 Å². The first-order valence-corrected chi connectivity index (χ1v) is 3.63. The molecule has 0 heterocycles. The first kappa shape index (κ1) is 10.9. The lowest BCUT2D eigenvalue weighted by Gasteiger charge is -2.03. The molecule has 5 nitrogen and oxygen atoms in total. The molecule has 0 aliphatic carbocycles. The standard InChI is InChI=1S/C7H14N2O3/c1-6(10)4-8-2-3-9-5-7(11)12/h8-10H,1-5H2,(H,11,12). The van der Waals surface area contributed by atoms with Crippen molar-refractivity contribution in [3.05, 3.63) is 12.3 Å². The third kappa shape index (κ3) is 8.93. The van der Waals surface area contributed by atoms with Gasteiger partial charge in [-0.15, -0.1) is 0 Å². The number of aliphatic hydroxyl groups excluding tert-OH is 1. The molecule has 0 amide bonds. The molecule has 0 bridgehead atoms. The second-order valence-corrected chi connectivity index (χ2v) is 2.31. The van der Waals surface area contributed by atoms with Crippen molar-refractivity contribution >= 4 is 5.97 Å². The van der Waals surface area contributed by atoms with Gasteiger partial charge < -0.3 is 20.8 Å². The van der Waals surface area contributed by atoms with Crippen molar-refractivity contribution < 1.29 is 15.0 Å². The maximum atomic E-state index is 10.0. The van der Waals surface area contributed by atoms with Crippen molar-refractivity contribution in [3.63, 3.8) is 0 Å². The molecule has 70 valence electrons. The zero-order valence-electron chi connectivity index (χ0n) is 6.84. The van der Waals surface area contributed by atoms with Gasteiger partial charge in [-0.25, -0.2) is 0 Å². The van der Waals surface area contributed by atoms with Gasteiger partial charge in [-0.3, -0.25) is 4.79 Å². The highest BCUT2D eigenvalue weighted by Gasteiger charge is 1.93. The maximum absolute atomic E-state index is 10.0. The Labute approximate surface area is 71.1 Å². The summed E-state index contributed by atoms with van der Waals surface area (Å²) in [7, 11) is 0. The fourth-order valence-corrected chi connectivity index (χ4v) is 0.605. The van der Waals surface area contributed by atoms with E-state index >= 15 is 0 Å². The molecule has 0 aromatic heterocycles. The Morgan fingerprint density at radius 3 is 2.08 bits per heavy atom. The van der Waals surface area contributed by atoms with E-state index in [1.807, 2.05) is 0 Å². The van der Waals surface area contributed by atoms with E-state index in [0.717, 1.165) is 0 Å². The molecule has 0 rings (SSSR count). The minimum Gasteiger partial charge on any atom is -0.512 e. The summed E-state index contributed by atoms with van der Waals surface area (Å²) in [6, 6.07) is 0. The minimum absolute atomic E-state index is 0.0399. The molecule has 12 heavy (non-hydrogen) atoms. The number of carboxylic acid groups (broad SMARTS) is 1. The number of aliphatic hydroxyl groups is 1. The average molecular weight is 174 g/mol. The highest BCUT2D eigenvalue weighted by Crippen LogP contribution is 1.74. The molecule has 0 atom stereocenters. The molecule has 0 saturated heterocycles. The van der Waals surface area contributed by atoms with E-state index < -0.39 is 5.97 Å². The summed E-state index contributed by atoms with van der Waals surface area (Å²) in [5.41, 5.74) is 0. The molecule has 0 radical (unpaired) electrons. The molecule has 0 aromatic carbocycles. The summed E-state index contributed by atoms with van der Waals surface area (Å²) >= 11 is 0. The summed E-state index contributed by atoms with van der Waals surface area (Å²) in [5.74, 6) is -0.796. The molecule has 0 spiro atoms. The number of hydrogen-bond acceptors (Lipinski definition) is 4. The molecule has 0 fully saturated rings. The average Bonchev–Trinajstić information content (AvgIpc) is 1.95. The Hall–Kier alpha value is -1.07. The molecular weight excluding hydrogens is 160 g/mol. The fourth-order valence-electron chi connectivity index (χ4n) is 0.605. The van der Waals surface area contributed by atoms with Crippen molar-refractivity contribution in [1.29, 1.82) is 0 Å². The number of rotatable bonds is 7. The summed E-state index contributed by atoms with van der Waals surface area (Å²) in [5, 5.41) is 22.4. The highest BCUT2D eigenvalue weighted by molar-refractivity contribution is 5.68. The second-order valence-electron chi connectivity index (χ2n) is 2.31. The van der Waals surface area contributed by atoms with E-state index in [1.54, 1.807) is 0 Å². The largest absolute Gasteiger partial charge is 0.512 e. The lowest BCUT2D eigenvalue weighted by atomic mass is 10.5. The van der Waals surface area contributed by atoms with Crippen LogP contribution < -0.4 is 10.6 Å². The van der Waals surface area contributed by atoms with Gasteiger partial charge in [0.2, 0.25) is 0 Å². The van der Waals surface area contributed by atoms with Crippen LogP contribution in [0.4, 0.5) is 0 Å².